The first-order valence-electron chi connectivity index (χ1n) is 9.82. The Labute approximate surface area is 169 Å². The number of halogens is 1. The highest BCUT2D eigenvalue weighted by atomic mass is 19.1. The van der Waals surface area contributed by atoms with Crippen LogP contribution in [0.1, 0.15) is 29.9 Å². The maximum atomic E-state index is 15.2. The fourth-order valence-corrected chi connectivity index (χ4v) is 4.02. The predicted octanol–water partition coefficient (Wildman–Crippen LogP) is 4.15. The number of hydrogen-bond donors (Lipinski definition) is 2. The summed E-state index contributed by atoms with van der Waals surface area (Å²) in [4.78, 5) is 8.77. The predicted molar refractivity (Wildman–Crippen MR) is 116 cm³/mol. The summed E-state index contributed by atoms with van der Waals surface area (Å²) < 4.78 is 20.7. The Balaban J connectivity index is 1.79. The molecule has 0 bridgehead atoms. The average molecular weight is 392 g/mol. The Kier molecular flexibility index (Phi) is 5.45. The van der Waals surface area contributed by atoms with E-state index in [4.69, 9.17) is 15.5 Å². The molecular weight excluding hydrogens is 367 g/mol. The van der Waals surface area contributed by atoms with Gasteiger partial charge in [-0.25, -0.2) is 9.37 Å². The van der Waals surface area contributed by atoms with Gasteiger partial charge in [0.05, 0.1) is 18.3 Å². The molecule has 6 heteroatoms. The molecule has 1 aliphatic heterocycles. The van der Waals surface area contributed by atoms with Crippen LogP contribution >= 0.6 is 0 Å². The molecule has 1 aliphatic rings. The van der Waals surface area contributed by atoms with Crippen molar-refractivity contribution in [1.29, 1.82) is 0 Å². The number of hydrogen-bond acceptors (Lipinski definition) is 5. The first-order valence-corrected chi connectivity index (χ1v) is 9.82. The Bertz CT molecular complexity index is 1070. The van der Waals surface area contributed by atoms with Gasteiger partial charge in [0.15, 0.2) is 0 Å². The van der Waals surface area contributed by atoms with Crippen LogP contribution in [0.4, 0.5) is 10.1 Å². The monoisotopic (exact) mass is 392 g/mol. The molecule has 0 unspecified atom stereocenters. The number of nitrogens with one attached hydrogen (secondary N) is 1. The van der Waals surface area contributed by atoms with E-state index in [9.17, 15) is 0 Å². The molecule has 5 nitrogen and oxygen atoms in total. The van der Waals surface area contributed by atoms with Crippen LogP contribution in [0.15, 0.2) is 41.4 Å². The Morgan fingerprint density at radius 1 is 1.21 bits per heavy atom. The number of aromatic nitrogens is 1. The van der Waals surface area contributed by atoms with E-state index >= 15 is 4.39 Å². The molecule has 0 atom stereocenters. The number of anilines is 1. The van der Waals surface area contributed by atoms with Gasteiger partial charge in [-0.15, -0.1) is 0 Å². The first-order chi connectivity index (χ1) is 14.1. The van der Waals surface area contributed by atoms with Crippen LogP contribution in [0.2, 0.25) is 0 Å². The van der Waals surface area contributed by atoms with Crippen molar-refractivity contribution in [2.45, 2.75) is 18.8 Å². The molecule has 0 aliphatic carbocycles. The molecule has 1 saturated heterocycles. The molecule has 29 heavy (non-hydrogen) atoms. The van der Waals surface area contributed by atoms with Crippen LogP contribution in [0.5, 0.6) is 5.75 Å². The number of ether oxygens (including phenoxy) is 1. The van der Waals surface area contributed by atoms with Gasteiger partial charge in [0.25, 0.3) is 0 Å². The average Bonchev–Trinajstić information content (AvgIpc) is 2.75. The number of aliphatic imine (C=N–C) groups is 1. The largest absolute Gasteiger partial charge is 0.496 e. The van der Waals surface area contributed by atoms with Crippen molar-refractivity contribution in [3.63, 3.8) is 0 Å². The number of nitrogen functional groups attached to an aromatic ring is 1. The van der Waals surface area contributed by atoms with Gasteiger partial charge in [-0.2, -0.15) is 0 Å². The molecule has 0 amide bonds. The van der Waals surface area contributed by atoms with Gasteiger partial charge in [-0.3, -0.25) is 4.99 Å². The summed E-state index contributed by atoms with van der Waals surface area (Å²) in [6.45, 7) is 1.86. The maximum Gasteiger partial charge on any atom is 0.136 e. The summed E-state index contributed by atoms with van der Waals surface area (Å²) in [5.41, 5.74) is 10.4. The fraction of sp³-hybridized carbons (Fsp3) is 0.304. The lowest BCUT2D eigenvalue weighted by molar-refractivity contribution is 0.416. The standard InChI is InChI=1S/C23H25FN4O/c1-26-13-15-11-18(22(29-2)12-19(15)25)21-6-4-17-20(28-21)5-3-16(23(17)24)14-7-9-27-10-8-14/h3-6,11-14,27H,7-10,25H2,1-2H3. The van der Waals surface area contributed by atoms with Crippen LogP contribution in [-0.4, -0.2) is 38.4 Å². The fourth-order valence-electron chi connectivity index (χ4n) is 4.02. The van der Waals surface area contributed by atoms with Crippen molar-refractivity contribution in [3.8, 4) is 17.0 Å². The minimum Gasteiger partial charge on any atom is -0.496 e. The normalized spacial score (nSPS) is 15.3. The zero-order chi connectivity index (χ0) is 20.4. The summed E-state index contributed by atoms with van der Waals surface area (Å²) in [7, 11) is 3.29. The molecule has 2 heterocycles. The molecule has 3 N–H and O–H groups in total. The second-order valence-electron chi connectivity index (χ2n) is 7.32. The van der Waals surface area contributed by atoms with Gasteiger partial charge >= 0.3 is 0 Å². The van der Waals surface area contributed by atoms with Crippen LogP contribution in [0.3, 0.4) is 0 Å². The quantitative estimate of drug-likeness (QED) is 0.517. The highest BCUT2D eigenvalue weighted by Gasteiger charge is 2.21. The smallest absolute Gasteiger partial charge is 0.136 e. The van der Waals surface area contributed by atoms with Crippen molar-refractivity contribution in [2.24, 2.45) is 4.99 Å². The van der Waals surface area contributed by atoms with E-state index in [-0.39, 0.29) is 11.7 Å². The van der Waals surface area contributed by atoms with E-state index in [2.05, 4.69) is 10.3 Å². The van der Waals surface area contributed by atoms with Crippen LogP contribution < -0.4 is 15.8 Å². The molecule has 4 rings (SSSR count). The van der Waals surface area contributed by atoms with Crippen LogP contribution in [0.25, 0.3) is 22.2 Å². The third-order valence-electron chi connectivity index (χ3n) is 5.56. The van der Waals surface area contributed by atoms with Crippen molar-refractivity contribution in [1.82, 2.24) is 10.3 Å². The van der Waals surface area contributed by atoms with Crippen molar-refractivity contribution < 1.29 is 9.13 Å². The first kappa shape index (κ1) is 19.3. The number of nitrogens with two attached hydrogens (primary N) is 1. The Hall–Kier alpha value is -2.99. The summed E-state index contributed by atoms with van der Waals surface area (Å²) in [5.74, 6) is 0.722. The Morgan fingerprint density at radius 2 is 2.00 bits per heavy atom. The number of methoxy groups -OCH3 is 1. The third-order valence-corrected chi connectivity index (χ3v) is 5.56. The molecule has 2 aromatic carbocycles. The SMILES string of the molecule is CN=Cc1cc(-c2ccc3c(F)c(C4CCNCC4)ccc3n2)c(OC)cc1N. The molecule has 0 radical (unpaired) electrons. The number of pyridine rings is 1. The van der Waals surface area contributed by atoms with E-state index in [0.29, 0.717) is 28.0 Å². The molecule has 0 spiro atoms. The van der Waals surface area contributed by atoms with Gasteiger partial charge in [0.2, 0.25) is 0 Å². The molecule has 150 valence electrons. The number of fused-ring (bicyclic) bond motifs is 1. The molecule has 0 saturated carbocycles. The van der Waals surface area contributed by atoms with Gasteiger partial charge < -0.3 is 15.8 Å². The van der Waals surface area contributed by atoms with Crippen molar-refractivity contribution in [3.05, 3.63) is 53.3 Å². The lowest BCUT2D eigenvalue weighted by Gasteiger charge is -2.23. The number of piperidine rings is 1. The molecule has 3 aromatic rings. The topological polar surface area (TPSA) is 72.5 Å². The lowest BCUT2D eigenvalue weighted by atomic mass is 9.89. The summed E-state index contributed by atoms with van der Waals surface area (Å²) in [6, 6.07) is 11.1. The van der Waals surface area contributed by atoms with Crippen molar-refractivity contribution in [2.75, 3.05) is 33.0 Å². The lowest BCUT2D eigenvalue weighted by Crippen LogP contribution is -2.27. The van der Waals surface area contributed by atoms with Crippen LogP contribution in [-0.2, 0) is 0 Å². The molecule has 1 fully saturated rings. The zero-order valence-electron chi connectivity index (χ0n) is 16.7. The number of rotatable bonds is 4. The van der Waals surface area contributed by atoms with Crippen LogP contribution in [0, 0.1) is 5.82 Å². The maximum absolute atomic E-state index is 15.2. The molecular formula is C23H25FN4O. The van der Waals surface area contributed by atoms with E-state index in [1.165, 1.54) is 0 Å². The van der Waals surface area contributed by atoms with E-state index in [1.807, 2.05) is 24.3 Å². The van der Waals surface area contributed by atoms with Gasteiger partial charge in [0.1, 0.15) is 11.6 Å². The van der Waals surface area contributed by atoms with Gasteiger partial charge in [-0.05, 0) is 61.7 Å². The van der Waals surface area contributed by atoms with E-state index in [0.717, 1.165) is 42.6 Å². The number of benzene rings is 2. The second-order valence-corrected chi connectivity index (χ2v) is 7.32. The molecule has 1 aromatic heterocycles. The van der Waals surface area contributed by atoms with E-state index < -0.39 is 0 Å². The van der Waals surface area contributed by atoms with Crippen molar-refractivity contribution >= 4 is 22.8 Å². The summed E-state index contributed by atoms with van der Waals surface area (Å²) in [6.07, 6.45) is 3.61. The number of nitrogens with zero attached hydrogens (tertiary/aromatic N) is 2. The minimum atomic E-state index is -0.156. The zero-order valence-corrected chi connectivity index (χ0v) is 16.7. The second kappa shape index (κ2) is 8.17. The summed E-state index contributed by atoms with van der Waals surface area (Å²) in [5, 5.41) is 3.88. The third kappa shape index (κ3) is 3.68. The highest BCUT2D eigenvalue weighted by Crippen LogP contribution is 2.35. The van der Waals surface area contributed by atoms with E-state index in [1.54, 1.807) is 32.5 Å². The minimum absolute atomic E-state index is 0.156. The van der Waals surface area contributed by atoms with Gasteiger partial charge in [0, 0.05) is 41.5 Å². The Morgan fingerprint density at radius 3 is 2.72 bits per heavy atom. The highest BCUT2D eigenvalue weighted by molar-refractivity contribution is 5.92. The summed E-state index contributed by atoms with van der Waals surface area (Å²) >= 11 is 0. The van der Waals surface area contributed by atoms with Gasteiger partial charge in [-0.1, -0.05) is 6.07 Å².